The number of nitrogens with one attached hydrogen (secondary N) is 2. The number of urea groups is 1. The summed E-state index contributed by atoms with van der Waals surface area (Å²) in [5.74, 6) is -5.02. The molecule has 14 heteroatoms. The Bertz CT molecular complexity index is 1520. The van der Waals surface area contributed by atoms with Crippen LogP contribution in [0.5, 0.6) is 0 Å². The number of aliphatic hydroxyl groups is 1. The number of anilines is 1. The Kier molecular flexibility index (Phi) is 12.6. The third-order valence-electron chi connectivity index (χ3n) is 8.32. The number of carboxylic acids is 3. The van der Waals surface area contributed by atoms with Crippen LogP contribution in [-0.4, -0.2) is 79.5 Å². The van der Waals surface area contributed by atoms with E-state index in [0.717, 1.165) is 48.6 Å². The molecule has 254 valence electrons. The molecule has 3 heterocycles. The van der Waals surface area contributed by atoms with E-state index in [1.54, 1.807) is 0 Å². The van der Waals surface area contributed by atoms with Crippen molar-refractivity contribution in [3.8, 4) is 0 Å². The SMILES string of the molecule is Cc1ccc(C(C)(C)N2CC[C@@](CCc3ccc(F)s3)(CNC(=O)Nc3ccccc3)C2)cn1.O=C(O)CC(O)(CC(=O)O)C(=O)O. The standard InChI is InChI=1S/C27H33FN4OS.C6H8O7/c1-20-9-10-21(17-29-20)26(2,3)32-16-15-27(19-32,14-13-23-11-12-24(28)34-23)18-30-25(33)31-22-7-5-4-6-8-22;7-3(8)1-6(13,5(11)12)2-4(9)10/h4-12,17H,13-16,18-19H2,1-3H3,(H2,30,31,33);13H,1-2H2,(H,7,8)(H,9,10)(H,11,12)/t27-;/m0./s1. The Morgan fingerprint density at radius 3 is 2.19 bits per heavy atom. The summed E-state index contributed by atoms with van der Waals surface area (Å²) in [6.45, 7) is 8.82. The number of aliphatic carboxylic acids is 3. The number of nitrogens with zero attached hydrogens (tertiary/aromatic N) is 2. The number of likely N-dealkylation sites (tertiary alicyclic amines) is 1. The van der Waals surface area contributed by atoms with Gasteiger partial charge in [0.05, 0.1) is 12.8 Å². The lowest BCUT2D eigenvalue weighted by molar-refractivity contribution is -0.170. The van der Waals surface area contributed by atoms with E-state index in [1.807, 2.05) is 49.5 Å². The van der Waals surface area contributed by atoms with Crippen LogP contribution in [0.4, 0.5) is 14.9 Å². The molecule has 0 aliphatic carbocycles. The first-order chi connectivity index (χ1) is 22.0. The molecule has 0 bridgehead atoms. The number of halogens is 1. The van der Waals surface area contributed by atoms with Crippen LogP contribution in [0.2, 0.25) is 0 Å². The van der Waals surface area contributed by atoms with Gasteiger partial charge < -0.3 is 31.1 Å². The maximum Gasteiger partial charge on any atom is 0.336 e. The fourth-order valence-corrected chi connectivity index (χ4v) is 6.14. The van der Waals surface area contributed by atoms with Crippen molar-refractivity contribution in [2.75, 3.05) is 25.0 Å². The first kappa shape index (κ1) is 37.1. The average molecular weight is 673 g/mol. The first-order valence-corrected chi connectivity index (χ1v) is 15.8. The Hall–Kier alpha value is -4.40. The van der Waals surface area contributed by atoms with Crippen LogP contribution in [0.15, 0.2) is 60.8 Å². The van der Waals surface area contributed by atoms with Crippen LogP contribution >= 0.6 is 11.3 Å². The number of aryl methyl sites for hydroxylation is 2. The molecule has 0 saturated carbocycles. The van der Waals surface area contributed by atoms with Gasteiger partial charge in [-0.1, -0.05) is 24.3 Å². The van der Waals surface area contributed by atoms with Crippen molar-refractivity contribution in [2.24, 2.45) is 5.41 Å². The van der Waals surface area contributed by atoms with E-state index in [4.69, 9.17) is 20.4 Å². The van der Waals surface area contributed by atoms with Crippen molar-refractivity contribution in [1.29, 1.82) is 0 Å². The van der Waals surface area contributed by atoms with Gasteiger partial charge in [-0.3, -0.25) is 19.5 Å². The zero-order valence-corrected chi connectivity index (χ0v) is 27.3. The Labute approximate surface area is 276 Å². The summed E-state index contributed by atoms with van der Waals surface area (Å²) in [7, 11) is 0. The summed E-state index contributed by atoms with van der Waals surface area (Å²) in [6, 6.07) is 16.9. The number of amides is 2. The van der Waals surface area contributed by atoms with E-state index in [0.29, 0.717) is 6.54 Å². The van der Waals surface area contributed by atoms with E-state index in [9.17, 15) is 23.6 Å². The maximum absolute atomic E-state index is 13.6. The van der Waals surface area contributed by atoms with E-state index in [2.05, 4.69) is 46.5 Å². The fraction of sp³-hybridized carbons (Fsp3) is 0.424. The van der Waals surface area contributed by atoms with Gasteiger partial charge in [-0.15, -0.1) is 11.3 Å². The highest BCUT2D eigenvalue weighted by Crippen LogP contribution is 2.41. The van der Waals surface area contributed by atoms with E-state index < -0.39 is 36.4 Å². The second-order valence-corrected chi connectivity index (χ2v) is 13.4. The van der Waals surface area contributed by atoms with E-state index >= 15 is 0 Å². The molecular weight excluding hydrogens is 631 g/mol. The summed E-state index contributed by atoms with van der Waals surface area (Å²) in [5.41, 5.74) is -0.0500. The number of thiophene rings is 1. The topological polar surface area (TPSA) is 189 Å². The number of carbonyl (C=O) groups is 4. The van der Waals surface area contributed by atoms with Gasteiger partial charge in [0.15, 0.2) is 10.7 Å². The molecule has 1 saturated heterocycles. The molecule has 12 nitrogen and oxygen atoms in total. The highest BCUT2D eigenvalue weighted by molar-refractivity contribution is 7.10. The summed E-state index contributed by atoms with van der Waals surface area (Å²) < 4.78 is 13.6. The van der Waals surface area contributed by atoms with Crippen molar-refractivity contribution in [1.82, 2.24) is 15.2 Å². The maximum atomic E-state index is 13.6. The van der Waals surface area contributed by atoms with E-state index in [1.165, 1.54) is 23.0 Å². The van der Waals surface area contributed by atoms with Crippen LogP contribution in [0.3, 0.4) is 0 Å². The smallest absolute Gasteiger partial charge is 0.336 e. The molecular formula is C33H41FN4O8S. The zero-order valence-electron chi connectivity index (χ0n) is 26.5. The minimum atomic E-state index is -2.74. The van der Waals surface area contributed by atoms with Crippen LogP contribution in [-0.2, 0) is 26.3 Å². The lowest BCUT2D eigenvalue weighted by atomic mass is 9.81. The molecule has 2 amide bonds. The van der Waals surface area contributed by atoms with Crippen molar-refractivity contribution in [2.45, 2.75) is 64.0 Å². The summed E-state index contributed by atoms with van der Waals surface area (Å²) in [6.07, 6.45) is 2.34. The number of benzene rings is 1. The molecule has 47 heavy (non-hydrogen) atoms. The molecule has 4 rings (SSSR count). The number of aromatic nitrogens is 1. The minimum Gasteiger partial charge on any atom is -0.481 e. The molecule has 6 N–H and O–H groups in total. The highest BCUT2D eigenvalue weighted by atomic mass is 32.1. The molecule has 1 fully saturated rings. The summed E-state index contributed by atoms with van der Waals surface area (Å²) in [4.78, 5) is 51.2. The monoisotopic (exact) mass is 672 g/mol. The van der Waals surface area contributed by atoms with Gasteiger partial charge >= 0.3 is 23.9 Å². The average Bonchev–Trinajstić information content (AvgIpc) is 3.62. The van der Waals surface area contributed by atoms with Gasteiger partial charge in [0, 0.05) is 46.5 Å². The third-order valence-corrected chi connectivity index (χ3v) is 9.25. The summed E-state index contributed by atoms with van der Waals surface area (Å²) >= 11 is 1.21. The van der Waals surface area contributed by atoms with Crippen molar-refractivity contribution >= 4 is 41.0 Å². The predicted octanol–water partition coefficient (Wildman–Crippen LogP) is 4.72. The van der Waals surface area contributed by atoms with Gasteiger partial charge in [0.25, 0.3) is 0 Å². The molecule has 3 aromatic rings. The number of pyridine rings is 1. The fourth-order valence-electron chi connectivity index (χ4n) is 5.41. The quantitative estimate of drug-likeness (QED) is 0.148. The lowest BCUT2D eigenvalue weighted by Gasteiger charge is -2.38. The number of para-hydroxylation sites is 1. The molecule has 1 atom stereocenters. The molecule has 2 aromatic heterocycles. The number of hydrogen-bond donors (Lipinski definition) is 6. The van der Waals surface area contributed by atoms with Gasteiger partial charge in [-0.2, -0.15) is 4.39 Å². The van der Waals surface area contributed by atoms with Gasteiger partial charge in [0.2, 0.25) is 0 Å². The van der Waals surface area contributed by atoms with Gasteiger partial charge in [-0.25, -0.2) is 9.59 Å². The second kappa shape index (κ2) is 15.9. The van der Waals surface area contributed by atoms with Crippen LogP contribution < -0.4 is 10.6 Å². The van der Waals surface area contributed by atoms with Crippen LogP contribution in [0.1, 0.15) is 55.7 Å². The molecule has 0 spiro atoms. The molecule has 1 aliphatic heterocycles. The Balaban J connectivity index is 0.000000392. The van der Waals surface area contributed by atoms with Crippen LogP contribution in [0.25, 0.3) is 0 Å². The van der Waals surface area contributed by atoms with E-state index in [-0.39, 0.29) is 22.1 Å². The van der Waals surface area contributed by atoms with Crippen molar-refractivity contribution in [3.05, 3.63) is 82.1 Å². The number of carboxylic acid groups (broad SMARTS) is 3. The molecule has 1 aliphatic rings. The first-order valence-electron chi connectivity index (χ1n) is 15.0. The lowest BCUT2D eigenvalue weighted by Crippen LogP contribution is -2.45. The summed E-state index contributed by atoms with van der Waals surface area (Å²) in [5, 5.41) is 39.7. The van der Waals surface area contributed by atoms with Crippen LogP contribution in [0, 0.1) is 17.5 Å². The molecule has 0 unspecified atom stereocenters. The second-order valence-electron chi connectivity index (χ2n) is 12.3. The number of hydrogen-bond acceptors (Lipinski definition) is 8. The number of carbonyl (C=O) groups excluding carboxylic acids is 1. The normalized spacial score (nSPS) is 16.5. The molecule has 1 aromatic carbocycles. The Morgan fingerprint density at radius 2 is 1.66 bits per heavy atom. The third kappa shape index (κ3) is 10.8. The van der Waals surface area contributed by atoms with Crippen molar-refractivity contribution < 1.29 is 44.0 Å². The Morgan fingerprint density at radius 1 is 1.00 bits per heavy atom. The zero-order chi connectivity index (χ0) is 34.8. The minimum absolute atomic E-state index is 0.0934. The van der Waals surface area contributed by atoms with Gasteiger partial charge in [-0.05, 0) is 82.5 Å². The predicted molar refractivity (Wildman–Crippen MR) is 174 cm³/mol. The highest BCUT2D eigenvalue weighted by Gasteiger charge is 2.44. The van der Waals surface area contributed by atoms with Gasteiger partial charge in [0.1, 0.15) is 0 Å². The largest absolute Gasteiger partial charge is 0.481 e. The van der Waals surface area contributed by atoms with Crippen molar-refractivity contribution in [3.63, 3.8) is 0 Å². The molecule has 0 radical (unpaired) electrons. The number of rotatable bonds is 13.